The van der Waals surface area contributed by atoms with Gasteiger partial charge >= 0.3 is 0 Å². The molecule has 1 unspecified atom stereocenters. The zero-order chi connectivity index (χ0) is 8.72. The smallest absolute Gasteiger partial charge is 0.253 e. The van der Waals surface area contributed by atoms with Crippen molar-refractivity contribution in [3.05, 3.63) is 27.9 Å². The molecule has 1 aliphatic heterocycles. The van der Waals surface area contributed by atoms with Crippen LogP contribution in [0.1, 0.15) is 30.9 Å². The molecule has 64 valence electrons. The highest BCUT2D eigenvalue weighted by atomic mass is 16.1. The van der Waals surface area contributed by atoms with Crippen LogP contribution in [0.2, 0.25) is 0 Å². The van der Waals surface area contributed by atoms with Gasteiger partial charge in [0.05, 0.1) is 0 Å². The maximum absolute atomic E-state index is 11.5. The summed E-state index contributed by atoms with van der Waals surface area (Å²) in [5, 5.41) is 0. The molecular weight excluding hydrogens is 152 g/mol. The van der Waals surface area contributed by atoms with Crippen molar-refractivity contribution in [1.29, 1.82) is 0 Å². The Labute approximate surface area is 71.1 Å². The van der Waals surface area contributed by atoms with Crippen LogP contribution in [-0.2, 0) is 6.42 Å². The first-order valence-corrected chi connectivity index (χ1v) is 4.27. The van der Waals surface area contributed by atoms with Crippen molar-refractivity contribution in [3.63, 3.8) is 0 Å². The lowest BCUT2D eigenvalue weighted by Gasteiger charge is -2.07. The van der Waals surface area contributed by atoms with Crippen molar-refractivity contribution < 1.29 is 0 Å². The first-order chi connectivity index (χ1) is 5.68. The summed E-state index contributed by atoms with van der Waals surface area (Å²) in [5.41, 5.74) is 0.933. The molecular formula is C9H12N2O. The van der Waals surface area contributed by atoms with Gasteiger partial charge in [-0.15, -0.1) is 0 Å². The molecule has 0 N–H and O–H groups in total. The number of nitrogens with zero attached hydrogens (tertiary/aromatic N) is 2. The Bertz CT molecular complexity index is 367. The second-order valence-electron chi connectivity index (χ2n) is 3.41. The maximum atomic E-state index is 11.5. The largest absolute Gasteiger partial charge is 0.294 e. The maximum Gasteiger partial charge on any atom is 0.253 e. The third kappa shape index (κ3) is 0.967. The van der Waals surface area contributed by atoms with Crippen LogP contribution < -0.4 is 5.56 Å². The van der Waals surface area contributed by atoms with E-state index in [0.717, 1.165) is 24.4 Å². The predicted molar refractivity (Wildman–Crippen MR) is 46.3 cm³/mol. The van der Waals surface area contributed by atoms with E-state index in [-0.39, 0.29) is 5.56 Å². The molecule has 0 bridgehead atoms. The minimum absolute atomic E-state index is 0.0995. The number of fused-ring (bicyclic) bond motifs is 1. The Kier molecular flexibility index (Phi) is 1.53. The lowest BCUT2D eigenvalue weighted by molar-refractivity contribution is 0.558. The Morgan fingerprint density at radius 3 is 3.17 bits per heavy atom. The molecule has 12 heavy (non-hydrogen) atoms. The molecule has 0 amide bonds. The summed E-state index contributed by atoms with van der Waals surface area (Å²) in [6, 6.07) is 1.94. The lowest BCUT2D eigenvalue weighted by atomic mass is 10.2. The number of hydrogen-bond donors (Lipinski definition) is 0. The minimum atomic E-state index is 0.0995. The van der Waals surface area contributed by atoms with E-state index in [9.17, 15) is 4.79 Å². The molecule has 3 heteroatoms. The van der Waals surface area contributed by atoms with Crippen LogP contribution in [-0.4, -0.2) is 9.55 Å². The average Bonchev–Trinajstić information content (AvgIpc) is 2.31. The molecule has 2 rings (SSSR count). The zero-order valence-corrected chi connectivity index (χ0v) is 7.37. The van der Waals surface area contributed by atoms with Gasteiger partial charge in [-0.2, -0.15) is 0 Å². The highest BCUT2D eigenvalue weighted by Gasteiger charge is 2.19. The lowest BCUT2D eigenvalue weighted by Crippen LogP contribution is -2.22. The van der Waals surface area contributed by atoms with Gasteiger partial charge in [0.15, 0.2) is 0 Å². The first kappa shape index (κ1) is 7.53. The molecule has 0 fully saturated rings. The topological polar surface area (TPSA) is 34.9 Å². The van der Waals surface area contributed by atoms with E-state index in [1.165, 1.54) is 0 Å². The molecule has 3 nitrogen and oxygen atoms in total. The number of hydrogen-bond acceptors (Lipinski definition) is 2. The zero-order valence-electron chi connectivity index (χ0n) is 7.37. The third-order valence-corrected chi connectivity index (χ3v) is 2.38. The van der Waals surface area contributed by atoms with Crippen LogP contribution >= 0.6 is 0 Å². The average molecular weight is 164 g/mol. The van der Waals surface area contributed by atoms with Crippen LogP contribution in [0.3, 0.4) is 0 Å². The number of aryl methyl sites for hydroxylation is 2. The predicted octanol–water partition coefficient (Wildman–Crippen LogP) is 1.06. The third-order valence-electron chi connectivity index (χ3n) is 2.38. The van der Waals surface area contributed by atoms with E-state index in [1.54, 1.807) is 10.6 Å². The van der Waals surface area contributed by atoms with E-state index in [1.807, 2.05) is 6.92 Å². The fourth-order valence-electron chi connectivity index (χ4n) is 1.78. The Morgan fingerprint density at radius 1 is 1.67 bits per heavy atom. The van der Waals surface area contributed by atoms with Crippen molar-refractivity contribution in [2.75, 3.05) is 0 Å². The van der Waals surface area contributed by atoms with Crippen LogP contribution in [0.25, 0.3) is 0 Å². The number of rotatable bonds is 0. The Balaban J connectivity index is 2.69. The summed E-state index contributed by atoms with van der Waals surface area (Å²) in [5.74, 6) is 0.951. The van der Waals surface area contributed by atoms with Crippen molar-refractivity contribution >= 4 is 0 Å². The van der Waals surface area contributed by atoms with Gasteiger partial charge in [-0.1, -0.05) is 0 Å². The van der Waals surface area contributed by atoms with Crippen LogP contribution in [0.5, 0.6) is 0 Å². The van der Waals surface area contributed by atoms with Gasteiger partial charge in [-0.25, -0.2) is 4.98 Å². The standard InChI is InChI=1S/C9H12N2O/c1-6-5-9(12)11-7(2)3-4-8(11)10-6/h5,7H,3-4H2,1-2H3. The monoisotopic (exact) mass is 164 g/mol. The summed E-state index contributed by atoms with van der Waals surface area (Å²) in [6.07, 6.45) is 1.99. The van der Waals surface area contributed by atoms with Crippen molar-refractivity contribution in [1.82, 2.24) is 9.55 Å². The molecule has 0 saturated carbocycles. The van der Waals surface area contributed by atoms with E-state index >= 15 is 0 Å². The summed E-state index contributed by atoms with van der Waals surface area (Å²) in [4.78, 5) is 15.8. The van der Waals surface area contributed by atoms with Crippen LogP contribution in [0.4, 0.5) is 0 Å². The molecule has 0 saturated heterocycles. The molecule has 0 aromatic carbocycles. The van der Waals surface area contributed by atoms with Crippen molar-refractivity contribution in [2.45, 2.75) is 32.7 Å². The normalized spacial score (nSPS) is 21.0. The SMILES string of the molecule is Cc1cc(=O)n2c(n1)CCC2C. The van der Waals surface area contributed by atoms with Crippen molar-refractivity contribution in [3.8, 4) is 0 Å². The molecule has 0 aliphatic carbocycles. The van der Waals surface area contributed by atoms with E-state index < -0.39 is 0 Å². The second kappa shape index (κ2) is 2.44. The van der Waals surface area contributed by atoms with Crippen molar-refractivity contribution in [2.24, 2.45) is 0 Å². The molecule has 1 atom stereocenters. The van der Waals surface area contributed by atoms with Gasteiger partial charge < -0.3 is 0 Å². The molecule has 2 heterocycles. The fraction of sp³-hybridized carbons (Fsp3) is 0.556. The van der Waals surface area contributed by atoms with Gasteiger partial charge in [0, 0.05) is 24.2 Å². The van der Waals surface area contributed by atoms with Gasteiger partial charge in [0.2, 0.25) is 0 Å². The highest BCUT2D eigenvalue weighted by Crippen LogP contribution is 2.20. The Morgan fingerprint density at radius 2 is 2.42 bits per heavy atom. The molecule has 1 aromatic rings. The highest BCUT2D eigenvalue weighted by molar-refractivity contribution is 5.07. The second-order valence-corrected chi connectivity index (χ2v) is 3.41. The Hall–Kier alpha value is -1.12. The number of aromatic nitrogens is 2. The van der Waals surface area contributed by atoms with E-state index in [2.05, 4.69) is 11.9 Å². The molecule has 1 aliphatic rings. The summed E-state index contributed by atoms with van der Waals surface area (Å²) in [7, 11) is 0. The van der Waals surface area contributed by atoms with Gasteiger partial charge in [0.25, 0.3) is 5.56 Å². The van der Waals surface area contributed by atoms with Gasteiger partial charge in [0.1, 0.15) is 5.82 Å². The summed E-state index contributed by atoms with van der Waals surface area (Å²) in [6.45, 7) is 3.93. The van der Waals surface area contributed by atoms with Gasteiger partial charge in [-0.3, -0.25) is 9.36 Å². The van der Waals surface area contributed by atoms with Gasteiger partial charge in [-0.05, 0) is 20.3 Å². The summed E-state index contributed by atoms with van der Waals surface area (Å²) >= 11 is 0. The molecule has 0 spiro atoms. The molecule has 0 radical (unpaired) electrons. The first-order valence-electron chi connectivity index (χ1n) is 4.27. The van der Waals surface area contributed by atoms with E-state index in [0.29, 0.717) is 6.04 Å². The fourth-order valence-corrected chi connectivity index (χ4v) is 1.78. The minimum Gasteiger partial charge on any atom is -0.294 e. The molecule has 1 aromatic heterocycles. The quantitative estimate of drug-likeness (QED) is 0.574. The van der Waals surface area contributed by atoms with Crippen LogP contribution in [0.15, 0.2) is 10.9 Å². The van der Waals surface area contributed by atoms with Crippen LogP contribution in [0, 0.1) is 6.92 Å². The van der Waals surface area contributed by atoms with E-state index in [4.69, 9.17) is 0 Å². The summed E-state index contributed by atoms with van der Waals surface area (Å²) < 4.78 is 1.80.